The first-order valence-corrected chi connectivity index (χ1v) is 3.32. The zero-order chi connectivity index (χ0) is 8.43. The number of carbonyl (C=O) groups is 1. The Morgan fingerprint density at radius 2 is 2.08 bits per heavy atom. The molecule has 0 radical (unpaired) electrons. The predicted molar refractivity (Wildman–Crippen MR) is 39.1 cm³/mol. The van der Waals surface area contributed by atoms with E-state index >= 15 is 0 Å². The minimum absolute atomic E-state index is 0. The molecule has 3 heteroatoms. The molecule has 1 aromatic carbocycles. The minimum atomic E-state index is -1.13. The summed E-state index contributed by atoms with van der Waals surface area (Å²) >= 11 is 0. The van der Waals surface area contributed by atoms with Gasteiger partial charge in [-0.3, -0.25) is 0 Å². The van der Waals surface area contributed by atoms with Crippen molar-refractivity contribution in [3.63, 3.8) is 0 Å². The van der Waals surface area contributed by atoms with Crippen LogP contribution in [0.3, 0.4) is 0 Å². The molecule has 0 aliphatic heterocycles. The van der Waals surface area contributed by atoms with E-state index in [4.69, 9.17) is 0 Å². The number of aryl methyl sites for hydroxylation is 1. The van der Waals surface area contributed by atoms with Crippen LogP contribution in [0.1, 0.15) is 21.5 Å². The molecule has 0 heterocycles. The van der Waals surface area contributed by atoms with E-state index in [9.17, 15) is 9.90 Å². The molecule has 0 fully saturated rings. The van der Waals surface area contributed by atoms with E-state index in [1.54, 1.807) is 13.0 Å². The van der Waals surface area contributed by atoms with Crippen molar-refractivity contribution < 1.29 is 27.0 Å². The van der Waals surface area contributed by atoms with Crippen LogP contribution in [-0.2, 0) is 17.1 Å². The van der Waals surface area contributed by atoms with Gasteiger partial charge in [-0.1, -0.05) is 13.8 Å². The van der Waals surface area contributed by atoms with Gasteiger partial charge in [0.2, 0.25) is 0 Å². The van der Waals surface area contributed by atoms with Crippen molar-refractivity contribution in [3.05, 3.63) is 34.9 Å². The Balaban J connectivity index is 0.00000121. The predicted octanol–water partition coefficient (Wildman–Crippen LogP) is 0.465. The van der Waals surface area contributed by atoms with Crippen LogP contribution < -0.4 is 5.11 Å². The summed E-state index contributed by atoms with van der Waals surface area (Å²) in [7, 11) is 0. The van der Waals surface area contributed by atoms with Gasteiger partial charge in [-0.05, 0) is 0 Å². The molecule has 0 saturated carbocycles. The molecule has 0 atom stereocenters. The Bertz CT molecular complexity index is 295. The van der Waals surface area contributed by atoms with Crippen LogP contribution in [0.4, 0.5) is 0 Å². The first-order valence-electron chi connectivity index (χ1n) is 3.32. The van der Waals surface area contributed by atoms with Crippen LogP contribution in [0.5, 0.6) is 0 Å². The summed E-state index contributed by atoms with van der Waals surface area (Å²) in [6, 6.07) is 5.99. The molecule has 0 unspecified atom stereocenters. The largest absolute Gasteiger partial charge is 2.00 e. The number of rotatable bonds is 1. The van der Waals surface area contributed by atoms with Gasteiger partial charge in [0, 0.05) is 5.97 Å². The van der Waals surface area contributed by atoms with Crippen molar-refractivity contribution in [1.82, 2.24) is 0 Å². The normalized spacial score (nSPS) is 8.83. The molecule has 0 spiro atoms. The van der Waals surface area contributed by atoms with E-state index in [0.717, 1.165) is 11.1 Å². The number of hydrogen-bond donors (Lipinski definition) is 0. The summed E-state index contributed by atoms with van der Waals surface area (Å²) in [6.45, 7) is 3.57. The summed E-state index contributed by atoms with van der Waals surface area (Å²) in [4.78, 5) is 10.4. The van der Waals surface area contributed by atoms with Gasteiger partial charge < -0.3 is 9.90 Å². The third kappa shape index (κ3) is 2.10. The molecule has 0 bridgehead atoms. The van der Waals surface area contributed by atoms with Crippen molar-refractivity contribution in [1.29, 1.82) is 0 Å². The number of carbonyl (C=O) groups excluding carboxylic acids is 1. The molecule has 1 aromatic rings. The minimum Gasteiger partial charge on any atom is -0.547 e. The van der Waals surface area contributed by atoms with Crippen LogP contribution in [0, 0.1) is 19.9 Å². The molecular weight excluding hydrogens is 196 g/mol. The maximum Gasteiger partial charge on any atom is 2.00 e. The second-order valence-corrected chi connectivity index (χ2v) is 2.43. The molecule has 64 valence electrons. The Morgan fingerprint density at radius 1 is 1.50 bits per heavy atom. The fourth-order valence-corrected chi connectivity index (χ4v) is 0.906. The number of carboxylic acid groups (broad SMARTS) is 1. The van der Waals surface area contributed by atoms with E-state index in [1.807, 2.05) is 6.92 Å². The average molecular weight is 204 g/mol. The van der Waals surface area contributed by atoms with Gasteiger partial charge >= 0.3 is 17.1 Å². The van der Waals surface area contributed by atoms with E-state index < -0.39 is 5.97 Å². The van der Waals surface area contributed by atoms with Gasteiger partial charge in [0.15, 0.2) is 0 Å². The number of aromatic carboxylic acids is 1. The molecule has 1 rings (SSSR count). The standard InChI is InChI=1S/C9H9O2.Fe/c1-6-4-3-5-8(7(6)2)9(10)11;/h3,5H,1-2H3,(H,10,11);/q-1;+2/p-1. The van der Waals surface area contributed by atoms with Crippen molar-refractivity contribution in [2.45, 2.75) is 13.8 Å². The fraction of sp³-hybridized carbons (Fsp3) is 0.222. The summed E-state index contributed by atoms with van der Waals surface area (Å²) < 4.78 is 0. The van der Waals surface area contributed by atoms with Gasteiger partial charge in [0.05, 0.1) is 0 Å². The summed E-state index contributed by atoms with van der Waals surface area (Å²) in [5.41, 5.74) is 1.83. The van der Waals surface area contributed by atoms with Gasteiger partial charge in [-0.15, -0.1) is 11.1 Å². The van der Waals surface area contributed by atoms with E-state index in [2.05, 4.69) is 6.07 Å². The fourth-order valence-electron chi connectivity index (χ4n) is 0.906. The summed E-state index contributed by atoms with van der Waals surface area (Å²) in [6.07, 6.45) is 0. The topological polar surface area (TPSA) is 40.1 Å². The maximum absolute atomic E-state index is 10.4. The molecule has 0 saturated heterocycles. The van der Waals surface area contributed by atoms with Gasteiger partial charge in [0.1, 0.15) is 0 Å². The van der Waals surface area contributed by atoms with E-state index in [0.29, 0.717) is 0 Å². The number of benzene rings is 1. The Labute approximate surface area is 82.1 Å². The smallest absolute Gasteiger partial charge is 0.547 e. The van der Waals surface area contributed by atoms with Crippen molar-refractivity contribution >= 4 is 5.97 Å². The summed E-state index contributed by atoms with van der Waals surface area (Å²) in [5, 5.41) is 10.4. The molecule has 0 aliphatic carbocycles. The molecule has 0 N–H and O–H groups in total. The van der Waals surface area contributed by atoms with E-state index in [1.165, 1.54) is 6.07 Å². The quantitative estimate of drug-likeness (QED) is 0.492. The third-order valence-corrected chi connectivity index (χ3v) is 1.74. The monoisotopic (exact) mass is 204 g/mol. The summed E-state index contributed by atoms with van der Waals surface area (Å²) in [5.74, 6) is -1.13. The van der Waals surface area contributed by atoms with Crippen LogP contribution >= 0.6 is 0 Å². The van der Waals surface area contributed by atoms with Crippen LogP contribution in [0.25, 0.3) is 0 Å². The molecule has 0 aliphatic rings. The van der Waals surface area contributed by atoms with Gasteiger partial charge in [-0.2, -0.15) is 23.8 Å². The van der Waals surface area contributed by atoms with Crippen molar-refractivity contribution in [3.8, 4) is 0 Å². The number of carboxylic acids is 1. The third-order valence-electron chi connectivity index (χ3n) is 1.74. The zero-order valence-electron chi connectivity index (χ0n) is 6.82. The number of hydrogen-bond acceptors (Lipinski definition) is 2. The Hall–Kier alpha value is -0.791. The molecule has 2 nitrogen and oxygen atoms in total. The second kappa shape index (κ2) is 4.29. The Kier molecular flexibility index (Phi) is 4.01. The van der Waals surface area contributed by atoms with Crippen LogP contribution in [0.15, 0.2) is 12.1 Å². The second-order valence-electron chi connectivity index (χ2n) is 2.43. The van der Waals surface area contributed by atoms with Crippen molar-refractivity contribution in [2.24, 2.45) is 0 Å². The maximum atomic E-state index is 10.4. The zero-order valence-corrected chi connectivity index (χ0v) is 7.93. The van der Waals surface area contributed by atoms with E-state index in [-0.39, 0.29) is 22.6 Å². The van der Waals surface area contributed by atoms with Gasteiger partial charge in [0.25, 0.3) is 0 Å². The first kappa shape index (κ1) is 11.2. The molecule has 0 aromatic heterocycles. The van der Waals surface area contributed by atoms with Crippen molar-refractivity contribution in [2.75, 3.05) is 0 Å². The SMILES string of the molecule is Cc1[c-]ccc(C(=O)[O-])c1C.[Fe+2]. The Morgan fingerprint density at radius 3 is 2.50 bits per heavy atom. The molecule has 0 amide bonds. The average Bonchev–Trinajstić information content (AvgIpc) is 1.94. The van der Waals surface area contributed by atoms with Crippen LogP contribution in [-0.4, -0.2) is 5.97 Å². The molecular formula is C9H8FeO2. The van der Waals surface area contributed by atoms with Crippen LogP contribution in [0.2, 0.25) is 0 Å². The molecule has 12 heavy (non-hydrogen) atoms. The first-order chi connectivity index (χ1) is 5.13. The van der Waals surface area contributed by atoms with Gasteiger partial charge in [-0.25, -0.2) is 0 Å².